The van der Waals surface area contributed by atoms with Gasteiger partial charge in [0, 0.05) is 12.6 Å². The molecule has 0 aliphatic rings. The van der Waals surface area contributed by atoms with Gasteiger partial charge in [-0.3, -0.25) is 9.59 Å². The van der Waals surface area contributed by atoms with E-state index in [1.807, 2.05) is 0 Å². The number of aldehydes is 1. The van der Waals surface area contributed by atoms with E-state index >= 15 is 0 Å². The molecule has 0 radical (unpaired) electrons. The van der Waals surface area contributed by atoms with Crippen LogP contribution in [0.2, 0.25) is 0 Å². The second-order valence-electron chi connectivity index (χ2n) is 2.49. The van der Waals surface area contributed by atoms with Gasteiger partial charge >= 0.3 is 0 Å². The summed E-state index contributed by atoms with van der Waals surface area (Å²) in [5, 5.41) is -0.0532. The van der Waals surface area contributed by atoms with Crippen LogP contribution >= 0.6 is 0 Å². The molecule has 0 atom stereocenters. The number of hydrogen-bond donors (Lipinski definition) is 0. The Morgan fingerprint density at radius 1 is 1.46 bits per heavy atom. The molecule has 0 saturated carbocycles. The van der Waals surface area contributed by atoms with E-state index in [1.54, 1.807) is 12.1 Å². The Morgan fingerprint density at radius 3 is 2.62 bits per heavy atom. The van der Waals surface area contributed by atoms with Gasteiger partial charge in [-0.25, -0.2) is 0 Å². The maximum absolute atomic E-state index is 12.5. The van der Waals surface area contributed by atoms with Crippen LogP contribution in [-0.2, 0) is 0 Å². The van der Waals surface area contributed by atoms with Crippen LogP contribution in [0.5, 0.6) is 0 Å². The van der Waals surface area contributed by atoms with Crippen molar-refractivity contribution in [1.82, 2.24) is 5.12 Å². The molecule has 0 aromatic heterocycles. The summed E-state index contributed by atoms with van der Waals surface area (Å²) in [5.41, 5.74) is 0.263. The van der Waals surface area contributed by atoms with Crippen LogP contribution in [0.25, 0.3) is 0 Å². The summed E-state index contributed by atoms with van der Waals surface area (Å²) in [6.07, 6.45) is 0.525. The lowest BCUT2D eigenvalue weighted by Crippen LogP contribution is -2.19. The first-order chi connectivity index (χ1) is 6.16. The molecule has 0 fully saturated rings. The van der Waals surface area contributed by atoms with Crippen LogP contribution in [0, 0.1) is 0 Å². The van der Waals surface area contributed by atoms with Gasteiger partial charge in [0.05, 0.1) is 5.56 Å². The zero-order valence-corrected chi connectivity index (χ0v) is 7.03. The maximum Gasteiger partial charge on any atom is 0.281 e. The van der Waals surface area contributed by atoms with Crippen molar-refractivity contribution in [2.24, 2.45) is 0 Å². The molecule has 68 valence electrons. The van der Waals surface area contributed by atoms with Crippen LogP contribution in [0.3, 0.4) is 0 Å². The zero-order chi connectivity index (χ0) is 9.84. The van der Waals surface area contributed by atoms with Crippen LogP contribution in [-0.4, -0.2) is 24.4 Å². The average Bonchev–Trinajstić information content (AvgIpc) is 2.16. The second-order valence-corrected chi connectivity index (χ2v) is 2.49. The summed E-state index contributed by atoms with van der Waals surface area (Å²) in [6.45, 7) is 0. The van der Waals surface area contributed by atoms with E-state index in [1.165, 1.54) is 12.1 Å². The number of rotatable bonds is 2. The topological polar surface area (TPSA) is 37.4 Å². The highest BCUT2D eigenvalue weighted by Crippen LogP contribution is 2.08. The summed E-state index contributed by atoms with van der Waals surface area (Å²) in [6, 6.07) is 6.05. The van der Waals surface area contributed by atoms with E-state index < -0.39 is 5.91 Å². The number of amides is 1. The minimum Gasteiger partial charge on any atom is -0.298 e. The Balaban J connectivity index is 3.13. The van der Waals surface area contributed by atoms with E-state index in [0.29, 0.717) is 6.29 Å². The van der Waals surface area contributed by atoms with Gasteiger partial charge in [0.25, 0.3) is 5.91 Å². The van der Waals surface area contributed by atoms with E-state index in [-0.39, 0.29) is 16.2 Å². The Morgan fingerprint density at radius 2 is 2.08 bits per heavy atom. The number of halogens is 1. The first-order valence-electron chi connectivity index (χ1n) is 3.65. The molecule has 0 aliphatic heterocycles. The Kier molecular flexibility index (Phi) is 2.74. The third-order valence-electron chi connectivity index (χ3n) is 1.60. The molecule has 0 bridgehead atoms. The molecular weight excluding hydrogens is 173 g/mol. The van der Waals surface area contributed by atoms with E-state index in [2.05, 4.69) is 0 Å². The number of nitrogens with zero attached hydrogens (tertiary/aromatic N) is 1. The summed E-state index contributed by atoms with van der Waals surface area (Å²) < 4.78 is 12.5. The highest BCUT2D eigenvalue weighted by Gasteiger charge is 2.13. The lowest BCUT2D eigenvalue weighted by atomic mass is 10.1. The molecule has 0 heterocycles. The summed E-state index contributed by atoms with van der Waals surface area (Å²) >= 11 is 0. The molecule has 1 aromatic carbocycles. The number of carbonyl (C=O) groups is 2. The smallest absolute Gasteiger partial charge is 0.281 e. The molecule has 13 heavy (non-hydrogen) atoms. The Hall–Kier alpha value is -1.71. The molecule has 4 heteroatoms. The SMILES string of the molecule is CN(F)C(=O)c1ccccc1C=O. The van der Waals surface area contributed by atoms with Crippen LogP contribution in [0.1, 0.15) is 20.7 Å². The number of hydrogen-bond acceptors (Lipinski definition) is 2. The van der Waals surface area contributed by atoms with Gasteiger partial charge in [-0.05, 0) is 6.07 Å². The maximum atomic E-state index is 12.5. The molecule has 0 N–H and O–H groups in total. The predicted octanol–water partition coefficient (Wildman–Crippen LogP) is 1.46. The van der Waals surface area contributed by atoms with Crippen LogP contribution in [0.15, 0.2) is 24.3 Å². The highest BCUT2D eigenvalue weighted by atomic mass is 19.2. The fourth-order valence-electron chi connectivity index (χ4n) is 0.961. The van der Waals surface area contributed by atoms with Gasteiger partial charge in [0.1, 0.15) is 0 Å². The summed E-state index contributed by atoms with van der Waals surface area (Å²) in [7, 11) is 0.990. The van der Waals surface area contributed by atoms with Gasteiger partial charge in [-0.2, -0.15) is 5.12 Å². The largest absolute Gasteiger partial charge is 0.298 e. The highest BCUT2D eigenvalue weighted by molar-refractivity contribution is 6.00. The monoisotopic (exact) mass is 181 g/mol. The third kappa shape index (κ3) is 1.90. The van der Waals surface area contributed by atoms with Crippen molar-refractivity contribution in [3.05, 3.63) is 35.4 Å². The fourth-order valence-corrected chi connectivity index (χ4v) is 0.961. The molecule has 1 amide bonds. The number of benzene rings is 1. The van der Waals surface area contributed by atoms with Crippen LogP contribution < -0.4 is 0 Å². The molecule has 1 aromatic rings. The average molecular weight is 181 g/mol. The first-order valence-corrected chi connectivity index (χ1v) is 3.65. The molecule has 0 unspecified atom stereocenters. The third-order valence-corrected chi connectivity index (χ3v) is 1.60. The van der Waals surface area contributed by atoms with Gasteiger partial charge < -0.3 is 0 Å². The van der Waals surface area contributed by atoms with Crippen LogP contribution in [0.4, 0.5) is 4.48 Å². The van der Waals surface area contributed by atoms with Crippen molar-refractivity contribution in [1.29, 1.82) is 0 Å². The lowest BCUT2D eigenvalue weighted by Gasteiger charge is -2.06. The molecule has 1 rings (SSSR count). The van der Waals surface area contributed by atoms with Crippen molar-refractivity contribution in [2.75, 3.05) is 7.05 Å². The zero-order valence-electron chi connectivity index (χ0n) is 7.03. The fraction of sp³-hybridized carbons (Fsp3) is 0.111. The van der Waals surface area contributed by atoms with Gasteiger partial charge in [0.2, 0.25) is 0 Å². The normalized spacial score (nSPS) is 9.38. The minimum absolute atomic E-state index is 0.0532. The predicted molar refractivity (Wildman–Crippen MR) is 45.0 cm³/mol. The van der Waals surface area contributed by atoms with E-state index in [0.717, 1.165) is 7.05 Å². The van der Waals surface area contributed by atoms with Gasteiger partial charge in [-0.1, -0.05) is 22.7 Å². The van der Waals surface area contributed by atoms with Gasteiger partial charge in [0.15, 0.2) is 6.29 Å². The van der Waals surface area contributed by atoms with E-state index in [9.17, 15) is 14.1 Å². The second kappa shape index (κ2) is 3.80. The molecule has 0 saturated heterocycles. The lowest BCUT2D eigenvalue weighted by molar-refractivity contribution is 0.0342. The molecule has 0 spiro atoms. The van der Waals surface area contributed by atoms with Gasteiger partial charge in [-0.15, -0.1) is 0 Å². The minimum atomic E-state index is -0.817. The Labute approximate surface area is 74.7 Å². The van der Waals surface area contributed by atoms with E-state index in [4.69, 9.17) is 0 Å². The van der Waals surface area contributed by atoms with Crippen molar-refractivity contribution in [3.63, 3.8) is 0 Å². The van der Waals surface area contributed by atoms with Crippen molar-refractivity contribution >= 4 is 12.2 Å². The van der Waals surface area contributed by atoms with Crippen molar-refractivity contribution in [3.8, 4) is 0 Å². The molecule has 0 aliphatic carbocycles. The first kappa shape index (κ1) is 9.38. The summed E-state index contributed by atoms with van der Waals surface area (Å²) in [4.78, 5) is 21.6. The number of carbonyl (C=O) groups excluding carboxylic acids is 2. The Bertz CT molecular complexity index is 336. The molecule has 3 nitrogen and oxygen atoms in total. The van der Waals surface area contributed by atoms with Crippen molar-refractivity contribution in [2.45, 2.75) is 0 Å². The quantitative estimate of drug-likeness (QED) is 0.511. The standard InChI is InChI=1S/C9H8FNO2/c1-11(10)9(13)8-5-3-2-4-7(8)6-12/h2-6H,1H3. The van der Waals surface area contributed by atoms with Crippen molar-refractivity contribution < 1.29 is 14.1 Å². The summed E-state index contributed by atoms with van der Waals surface area (Å²) in [5.74, 6) is -0.817. The molecular formula is C9H8FNO2.